The van der Waals surface area contributed by atoms with Crippen molar-refractivity contribution in [3.8, 4) is 0 Å². The molecule has 1 aromatic rings. The van der Waals surface area contributed by atoms with Gasteiger partial charge < -0.3 is 11.1 Å². The SMILES string of the molecule is C[C@@H](NC(=O)C(CN)CC(C)(C)C)c1ccc(Br)cc1. The van der Waals surface area contributed by atoms with Crippen molar-refractivity contribution in [2.45, 2.75) is 40.2 Å². The lowest BCUT2D eigenvalue weighted by molar-refractivity contribution is -0.126. The van der Waals surface area contributed by atoms with Crippen molar-refractivity contribution in [2.75, 3.05) is 6.54 Å². The van der Waals surface area contributed by atoms with Crippen molar-refractivity contribution in [1.82, 2.24) is 5.32 Å². The van der Waals surface area contributed by atoms with Gasteiger partial charge in [-0.3, -0.25) is 4.79 Å². The molecule has 0 saturated carbocycles. The number of nitrogens with one attached hydrogen (secondary N) is 1. The highest BCUT2D eigenvalue weighted by Gasteiger charge is 2.24. The van der Waals surface area contributed by atoms with Crippen LogP contribution in [0.25, 0.3) is 0 Å². The molecule has 0 aromatic heterocycles. The quantitative estimate of drug-likeness (QED) is 0.859. The van der Waals surface area contributed by atoms with E-state index in [0.717, 1.165) is 16.5 Å². The second-order valence-corrected chi connectivity index (χ2v) is 7.39. The molecule has 1 rings (SSSR count). The lowest BCUT2D eigenvalue weighted by Crippen LogP contribution is -2.38. The van der Waals surface area contributed by atoms with Gasteiger partial charge in [0.15, 0.2) is 0 Å². The van der Waals surface area contributed by atoms with E-state index in [2.05, 4.69) is 42.0 Å². The van der Waals surface area contributed by atoms with Gasteiger partial charge in [-0.05, 0) is 36.5 Å². The van der Waals surface area contributed by atoms with Crippen LogP contribution in [0.3, 0.4) is 0 Å². The highest BCUT2D eigenvalue weighted by Crippen LogP contribution is 2.25. The topological polar surface area (TPSA) is 55.1 Å². The minimum Gasteiger partial charge on any atom is -0.349 e. The van der Waals surface area contributed by atoms with E-state index < -0.39 is 0 Å². The molecule has 0 radical (unpaired) electrons. The molecule has 0 heterocycles. The van der Waals surface area contributed by atoms with Crippen LogP contribution in [0.5, 0.6) is 0 Å². The summed E-state index contributed by atoms with van der Waals surface area (Å²) < 4.78 is 1.03. The Morgan fingerprint density at radius 1 is 1.30 bits per heavy atom. The molecule has 0 aliphatic rings. The molecule has 3 nitrogen and oxygen atoms in total. The highest BCUT2D eigenvalue weighted by molar-refractivity contribution is 9.10. The summed E-state index contributed by atoms with van der Waals surface area (Å²) in [6.45, 7) is 8.76. The summed E-state index contributed by atoms with van der Waals surface area (Å²) in [7, 11) is 0. The maximum Gasteiger partial charge on any atom is 0.224 e. The summed E-state index contributed by atoms with van der Waals surface area (Å²) in [4.78, 5) is 12.3. The molecule has 0 spiro atoms. The van der Waals surface area contributed by atoms with Crippen molar-refractivity contribution < 1.29 is 4.79 Å². The second-order valence-electron chi connectivity index (χ2n) is 6.48. The third-order valence-corrected chi connectivity index (χ3v) is 3.77. The average Bonchev–Trinajstić information content (AvgIpc) is 2.35. The van der Waals surface area contributed by atoms with Crippen molar-refractivity contribution in [1.29, 1.82) is 0 Å². The van der Waals surface area contributed by atoms with E-state index in [0.29, 0.717) is 6.54 Å². The number of amides is 1. The van der Waals surface area contributed by atoms with Gasteiger partial charge in [0, 0.05) is 11.0 Å². The van der Waals surface area contributed by atoms with Crippen molar-refractivity contribution in [3.63, 3.8) is 0 Å². The first-order valence-electron chi connectivity index (χ1n) is 6.99. The number of carbonyl (C=O) groups excluding carboxylic acids is 1. The largest absolute Gasteiger partial charge is 0.349 e. The molecule has 0 fully saturated rings. The maximum absolute atomic E-state index is 12.3. The monoisotopic (exact) mass is 340 g/mol. The number of carbonyl (C=O) groups is 1. The van der Waals surface area contributed by atoms with Crippen LogP contribution in [0.1, 0.15) is 45.7 Å². The van der Waals surface area contributed by atoms with Crippen LogP contribution in [-0.4, -0.2) is 12.5 Å². The normalized spacial score (nSPS) is 14.7. The number of hydrogen-bond acceptors (Lipinski definition) is 2. The molecule has 1 aromatic carbocycles. The molecule has 3 N–H and O–H groups in total. The Morgan fingerprint density at radius 2 is 1.85 bits per heavy atom. The zero-order valence-electron chi connectivity index (χ0n) is 12.7. The third kappa shape index (κ3) is 5.63. The Bertz CT molecular complexity index is 437. The molecule has 0 saturated heterocycles. The van der Waals surface area contributed by atoms with Crippen molar-refractivity contribution in [3.05, 3.63) is 34.3 Å². The lowest BCUT2D eigenvalue weighted by atomic mass is 9.84. The van der Waals surface area contributed by atoms with Gasteiger partial charge in [-0.2, -0.15) is 0 Å². The third-order valence-electron chi connectivity index (χ3n) is 3.24. The van der Waals surface area contributed by atoms with Gasteiger partial charge in [-0.25, -0.2) is 0 Å². The second kappa shape index (κ2) is 7.23. The Morgan fingerprint density at radius 3 is 2.30 bits per heavy atom. The summed E-state index contributed by atoms with van der Waals surface area (Å²) in [6, 6.07) is 7.97. The van der Waals surface area contributed by atoms with Gasteiger partial charge in [0.05, 0.1) is 12.0 Å². The van der Waals surface area contributed by atoms with E-state index in [4.69, 9.17) is 5.73 Å². The minimum atomic E-state index is -0.132. The Hall–Kier alpha value is -0.870. The van der Waals surface area contributed by atoms with Crippen LogP contribution in [0.4, 0.5) is 0 Å². The van der Waals surface area contributed by atoms with Gasteiger partial charge in [-0.15, -0.1) is 0 Å². The molecule has 0 aliphatic carbocycles. The summed E-state index contributed by atoms with van der Waals surface area (Å²) in [5.74, 6) is -0.0919. The van der Waals surface area contributed by atoms with E-state index in [1.165, 1.54) is 0 Å². The van der Waals surface area contributed by atoms with Gasteiger partial charge in [0.25, 0.3) is 0 Å². The Balaban J connectivity index is 2.66. The van der Waals surface area contributed by atoms with Crippen LogP contribution in [0.15, 0.2) is 28.7 Å². The molecule has 0 bridgehead atoms. The first-order valence-corrected chi connectivity index (χ1v) is 7.78. The Labute approximate surface area is 130 Å². The van der Waals surface area contributed by atoms with Crippen molar-refractivity contribution >= 4 is 21.8 Å². The summed E-state index contributed by atoms with van der Waals surface area (Å²) in [5.41, 5.74) is 6.94. The van der Waals surface area contributed by atoms with E-state index in [1.54, 1.807) is 0 Å². The summed E-state index contributed by atoms with van der Waals surface area (Å²) in [5, 5.41) is 3.05. The first kappa shape index (κ1) is 17.2. The summed E-state index contributed by atoms with van der Waals surface area (Å²) >= 11 is 3.41. The predicted octanol–water partition coefficient (Wildman–Crippen LogP) is 3.64. The van der Waals surface area contributed by atoms with Crippen LogP contribution in [-0.2, 0) is 4.79 Å². The molecule has 0 aliphatic heterocycles. The van der Waals surface area contributed by atoms with Gasteiger partial charge >= 0.3 is 0 Å². The van der Waals surface area contributed by atoms with Crippen LogP contribution >= 0.6 is 15.9 Å². The number of hydrogen-bond donors (Lipinski definition) is 2. The van der Waals surface area contributed by atoms with E-state index in [-0.39, 0.29) is 23.3 Å². The fraction of sp³-hybridized carbons (Fsp3) is 0.562. The van der Waals surface area contributed by atoms with E-state index in [9.17, 15) is 4.79 Å². The van der Waals surface area contributed by atoms with Gasteiger partial charge in [0.2, 0.25) is 5.91 Å². The predicted molar refractivity (Wildman–Crippen MR) is 87.3 cm³/mol. The van der Waals surface area contributed by atoms with Crippen LogP contribution < -0.4 is 11.1 Å². The van der Waals surface area contributed by atoms with Crippen LogP contribution in [0, 0.1) is 11.3 Å². The van der Waals surface area contributed by atoms with E-state index in [1.807, 2.05) is 31.2 Å². The molecular weight excluding hydrogens is 316 g/mol. The zero-order chi connectivity index (χ0) is 15.3. The smallest absolute Gasteiger partial charge is 0.224 e. The number of rotatable bonds is 5. The lowest BCUT2D eigenvalue weighted by Gasteiger charge is -2.26. The first-order chi connectivity index (χ1) is 9.23. The average molecular weight is 341 g/mol. The van der Waals surface area contributed by atoms with Crippen LogP contribution in [0.2, 0.25) is 0 Å². The zero-order valence-corrected chi connectivity index (χ0v) is 14.3. The summed E-state index contributed by atoms with van der Waals surface area (Å²) in [6.07, 6.45) is 0.794. The van der Waals surface area contributed by atoms with E-state index >= 15 is 0 Å². The van der Waals surface area contributed by atoms with Gasteiger partial charge in [-0.1, -0.05) is 48.8 Å². The maximum atomic E-state index is 12.3. The number of halogens is 1. The molecule has 20 heavy (non-hydrogen) atoms. The van der Waals surface area contributed by atoms with Gasteiger partial charge in [0.1, 0.15) is 0 Å². The fourth-order valence-corrected chi connectivity index (χ4v) is 2.45. The molecular formula is C16H25BrN2O. The molecule has 1 unspecified atom stereocenters. The Kier molecular flexibility index (Phi) is 6.21. The van der Waals surface area contributed by atoms with Crippen molar-refractivity contribution in [2.24, 2.45) is 17.1 Å². The number of benzene rings is 1. The standard InChI is InChI=1S/C16H25BrN2O/c1-11(12-5-7-14(17)8-6-12)19-15(20)13(10-18)9-16(2,3)4/h5-8,11,13H,9-10,18H2,1-4H3,(H,19,20)/t11-,13?/m1/s1. The molecule has 1 amide bonds. The molecule has 4 heteroatoms. The molecule has 112 valence electrons. The fourth-order valence-electron chi connectivity index (χ4n) is 2.19. The minimum absolute atomic E-state index is 0.00961. The molecule has 2 atom stereocenters. The number of nitrogens with two attached hydrogens (primary N) is 1. The highest BCUT2D eigenvalue weighted by atomic mass is 79.9.